The maximum absolute atomic E-state index is 8.74. The molecule has 0 atom stereocenters. The molecule has 142 valence electrons. The normalized spacial score (nSPS) is 11.1. The molecule has 0 aromatic heterocycles. The lowest BCUT2D eigenvalue weighted by Gasteiger charge is -2.01. The molecule has 4 nitrogen and oxygen atoms in total. The van der Waals surface area contributed by atoms with E-state index in [2.05, 4.69) is 25.7 Å². The summed E-state index contributed by atoms with van der Waals surface area (Å²) in [6, 6.07) is 0. The van der Waals surface area contributed by atoms with Crippen LogP contribution in [-0.4, -0.2) is 34.9 Å². The summed E-state index contributed by atoms with van der Waals surface area (Å²) in [6.45, 7) is 5.92. The molecule has 0 aliphatic heterocycles. The van der Waals surface area contributed by atoms with Gasteiger partial charge in [0, 0.05) is 0 Å². The molecule has 0 spiro atoms. The fraction of sp³-hybridized carbons (Fsp3) is 0.667. The number of unbranched alkanes of at least 4 members (excludes halogenated alkanes) is 10. The first-order valence-corrected chi connectivity index (χ1v) is 9.95. The van der Waals surface area contributed by atoms with Crippen molar-refractivity contribution in [2.24, 2.45) is 0 Å². The molecule has 0 aliphatic carbocycles. The SMILES string of the molecule is C=CC=CC=CCCCCCCCCCCCC.O=S(=O)(O)O.[AlH3]. The van der Waals surface area contributed by atoms with Gasteiger partial charge in [0.25, 0.3) is 0 Å². The maximum Gasteiger partial charge on any atom is 0.394 e. The molecule has 0 bridgehead atoms. The van der Waals surface area contributed by atoms with E-state index in [0.29, 0.717) is 0 Å². The molecule has 0 fully saturated rings. The molecule has 6 heteroatoms. The van der Waals surface area contributed by atoms with Gasteiger partial charge < -0.3 is 0 Å². The van der Waals surface area contributed by atoms with Gasteiger partial charge >= 0.3 is 10.4 Å². The summed E-state index contributed by atoms with van der Waals surface area (Å²) in [5.74, 6) is 0. The van der Waals surface area contributed by atoms with Crippen LogP contribution in [0.1, 0.15) is 77.6 Å². The standard InChI is InChI=1S/C18H32.Al.H2O4S.3H/c1-3-5-7-9-11-13-15-17-18-16-14-12-10-8-6-4-2;;1-5(2,3)4;;;/h3,5,7,9,11H,1,4,6,8,10,12-18H2,2H3;;(H2,1,2,3,4);;;. The lowest BCUT2D eigenvalue weighted by Crippen LogP contribution is -1.89. The molecule has 0 amide bonds. The summed E-state index contributed by atoms with van der Waals surface area (Å²) in [5.41, 5.74) is 0. The highest BCUT2D eigenvalue weighted by Crippen LogP contribution is 2.11. The van der Waals surface area contributed by atoms with Crippen LogP contribution in [0, 0.1) is 0 Å². The van der Waals surface area contributed by atoms with Crippen molar-refractivity contribution >= 4 is 27.8 Å². The zero-order valence-corrected chi connectivity index (χ0v) is 15.3. The quantitative estimate of drug-likeness (QED) is 0.210. The first-order valence-electron chi connectivity index (χ1n) is 8.56. The molecule has 24 heavy (non-hydrogen) atoms. The summed E-state index contributed by atoms with van der Waals surface area (Å²) in [7, 11) is -4.67. The first kappa shape index (κ1) is 28.4. The predicted molar refractivity (Wildman–Crippen MR) is 109 cm³/mol. The third kappa shape index (κ3) is 43.0. The molecule has 0 saturated heterocycles. The molecule has 0 aromatic rings. The highest BCUT2D eigenvalue weighted by Gasteiger charge is 1.91. The van der Waals surface area contributed by atoms with Crippen LogP contribution in [-0.2, 0) is 10.4 Å². The Morgan fingerprint density at radius 1 is 0.792 bits per heavy atom. The molecule has 0 aromatic carbocycles. The second-order valence-corrected chi connectivity index (χ2v) is 6.36. The van der Waals surface area contributed by atoms with E-state index in [4.69, 9.17) is 17.5 Å². The van der Waals surface area contributed by atoms with Crippen LogP contribution in [0.15, 0.2) is 37.0 Å². The fourth-order valence-corrected chi connectivity index (χ4v) is 2.07. The molecule has 0 saturated carbocycles. The van der Waals surface area contributed by atoms with Crippen LogP contribution in [0.5, 0.6) is 0 Å². The Balaban J connectivity index is -0.000000639. The Kier molecular flexibility index (Phi) is 26.8. The number of rotatable bonds is 13. The minimum absolute atomic E-state index is 0. The van der Waals surface area contributed by atoms with Crippen LogP contribution in [0.3, 0.4) is 0 Å². The maximum atomic E-state index is 8.74. The third-order valence-electron chi connectivity index (χ3n) is 3.22. The van der Waals surface area contributed by atoms with Gasteiger partial charge in [-0.2, -0.15) is 8.42 Å². The van der Waals surface area contributed by atoms with E-state index >= 15 is 0 Å². The summed E-state index contributed by atoms with van der Waals surface area (Å²) in [4.78, 5) is 0. The smallest absolute Gasteiger partial charge is 0.264 e. The highest BCUT2D eigenvalue weighted by molar-refractivity contribution is 7.79. The average molecular weight is 377 g/mol. The Labute approximate surface area is 159 Å². The van der Waals surface area contributed by atoms with Gasteiger partial charge in [0.15, 0.2) is 17.4 Å². The van der Waals surface area contributed by atoms with E-state index in [0.717, 1.165) is 0 Å². The van der Waals surface area contributed by atoms with Gasteiger partial charge in [-0.25, -0.2) is 0 Å². The second kappa shape index (κ2) is 22.6. The van der Waals surface area contributed by atoms with E-state index in [1.165, 1.54) is 70.6 Å². The summed E-state index contributed by atoms with van der Waals surface area (Å²) >= 11 is 0. The topological polar surface area (TPSA) is 74.6 Å². The Morgan fingerprint density at radius 3 is 1.62 bits per heavy atom. The van der Waals surface area contributed by atoms with Crippen molar-refractivity contribution in [1.82, 2.24) is 0 Å². The van der Waals surface area contributed by atoms with Gasteiger partial charge in [-0.1, -0.05) is 102 Å². The van der Waals surface area contributed by atoms with Crippen molar-refractivity contribution < 1.29 is 17.5 Å². The molecule has 0 unspecified atom stereocenters. The van der Waals surface area contributed by atoms with Crippen molar-refractivity contribution in [2.45, 2.75) is 77.6 Å². The third-order valence-corrected chi connectivity index (χ3v) is 3.22. The van der Waals surface area contributed by atoms with Crippen LogP contribution >= 0.6 is 0 Å². The summed E-state index contributed by atoms with van der Waals surface area (Å²) in [6.07, 6.45) is 25.6. The lowest BCUT2D eigenvalue weighted by atomic mass is 10.1. The van der Waals surface area contributed by atoms with Crippen LogP contribution in [0.2, 0.25) is 0 Å². The predicted octanol–water partition coefficient (Wildman–Crippen LogP) is 4.76. The van der Waals surface area contributed by atoms with E-state index in [1.807, 2.05) is 18.2 Å². The number of allylic oxidation sites excluding steroid dienone is 5. The molecular formula is C18H37AlO4S. The Hall–Kier alpha value is -0.378. The fourth-order valence-electron chi connectivity index (χ4n) is 2.07. The first-order chi connectivity index (χ1) is 10.9. The summed E-state index contributed by atoms with van der Waals surface area (Å²) in [5, 5.41) is 0. The highest BCUT2D eigenvalue weighted by atomic mass is 32.3. The molecule has 0 heterocycles. The number of hydrogen-bond acceptors (Lipinski definition) is 2. The Morgan fingerprint density at radius 2 is 1.21 bits per heavy atom. The van der Waals surface area contributed by atoms with E-state index in [1.54, 1.807) is 0 Å². The van der Waals surface area contributed by atoms with Crippen molar-refractivity contribution in [3.8, 4) is 0 Å². The zero-order chi connectivity index (χ0) is 17.8. The van der Waals surface area contributed by atoms with Gasteiger partial charge in [-0.3, -0.25) is 9.11 Å². The molecule has 0 rings (SSSR count). The van der Waals surface area contributed by atoms with Crippen molar-refractivity contribution in [1.29, 1.82) is 0 Å². The van der Waals surface area contributed by atoms with Crippen molar-refractivity contribution in [3.05, 3.63) is 37.0 Å². The minimum atomic E-state index is -4.67. The van der Waals surface area contributed by atoms with Gasteiger partial charge in [0.05, 0.1) is 0 Å². The van der Waals surface area contributed by atoms with Gasteiger partial charge in [0.2, 0.25) is 0 Å². The van der Waals surface area contributed by atoms with Crippen LogP contribution in [0.25, 0.3) is 0 Å². The largest absolute Gasteiger partial charge is 0.394 e. The summed E-state index contributed by atoms with van der Waals surface area (Å²) < 4.78 is 31.6. The monoisotopic (exact) mass is 376 g/mol. The molecule has 2 N–H and O–H groups in total. The van der Waals surface area contributed by atoms with Gasteiger partial charge in [0.1, 0.15) is 0 Å². The van der Waals surface area contributed by atoms with Crippen LogP contribution < -0.4 is 0 Å². The molecule has 0 radical (unpaired) electrons. The van der Waals surface area contributed by atoms with E-state index in [-0.39, 0.29) is 17.4 Å². The second-order valence-electron chi connectivity index (χ2n) is 5.47. The molecule has 0 aliphatic rings. The van der Waals surface area contributed by atoms with Gasteiger partial charge in [-0.15, -0.1) is 0 Å². The van der Waals surface area contributed by atoms with Crippen molar-refractivity contribution in [2.75, 3.05) is 0 Å². The Bertz CT molecular complexity index is 395. The van der Waals surface area contributed by atoms with Crippen molar-refractivity contribution in [3.63, 3.8) is 0 Å². The zero-order valence-electron chi connectivity index (χ0n) is 14.5. The average Bonchev–Trinajstić information content (AvgIpc) is 2.46. The van der Waals surface area contributed by atoms with E-state index < -0.39 is 10.4 Å². The van der Waals surface area contributed by atoms with Crippen LogP contribution in [0.4, 0.5) is 0 Å². The van der Waals surface area contributed by atoms with Gasteiger partial charge in [-0.05, 0) is 12.8 Å². The van der Waals surface area contributed by atoms with E-state index in [9.17, 15) is 0 Å². The minimum Gasteiger partial charge on any atom is -0.264 e. The molecular weight excluding hydrogens is 339 g/mol. The number of hydrogen-bond donors (Lipinski definition) is 2. The lowest BCUT2D eigenvalue weighted by molar-refractivity contribution is 0.381.